The summed E-state index contributed by atoms with van der Waals surface area (Å²) >= 11 is 0. The molecule has 0 aromatic heterocycles. The number of amides is 1. The van der Waals surface area contributed by atoms with E-state index >= 15 is 0 Å². The van der Waals surface area contributed by atoms with Crippen molar-refractivity contribution in [3.05, 3.63) is 77.1 Å². The summed E-state index contributed by atoms with van der Waals surface area (Å²) in [5.41, 5.74) is 2.20. The van der Waals surface area contributed by atoms with E-state index in [4.69, 9.17) is 5.11 Å². The number of benzene rings is 2. The molecule has 1 heterocycles. The van der Waals surface area contributed by atoms with Crippen LogP contribution in [0.3, 0.4) is 0 Å². The van der Waals surface area contributed by atoms with Crippen molar-refractivity contribution < 1.29 is 19.1 Å². The molecule has 1 amide bonds. The first kappa shape index (κ1) is 19.3. The number of aromatic carboxylic acids is 1. The lowest BCUT2D eigenvalue weighted by Gasteiger charge is -2.39. The Balaban J connectivity index is 1.17. The average Bonchev–Trinajstić information content (AvgIpc) is 3.45. The lowest BCUT2D eigenvalue weighted by molar-refractivity contribution is -0.131. The van der Waals surface area contributed by atoms with Gasteiger partial charge >= 0.3 is 5.97 Å². The largest absolute Gasteiger partial charge is 0.478 e. The summed E-state index contributed by atoms with van der Waals surface area (Å²) in [6.45, 7) is 2.36. The van der Waals surface area contributed by atoms with E-state index in [0.717, 1.165) is 31.6 Å². The minimum Gasteiger partial charge on any atom is -0.478 e. The second-order valence-corrected chi connectivity index (χ2v) is 7.78. The van der Waals surface area contributed by atoms with Gasteiger partial charge in [0, 0.05) is 43.6 Å². The number of carbonyl (C=O) groups is 2. The smallest absolute Gasteiger partial charge is 0.335 e. The summed E-state index contributed by atoms with van der Waals surface area (Å²) in [6.07, 6.45) is 4.31. The molecule has 1 saturated heterocycles. The predicted octanol–water partition coefficient (Wildman–Crippen LogP) is 3.14. The van der Waals surface area contributed by atoms with E-state index < -0.39 is 5.97 Å². The van der Waals surface area contributed by atoms with Crippen LogP contribution in [0.25, 0.3) is 6.08 Å². The van der Waals surface area contributed by atoms with Crippen molar-refractivity contribution in [2.75, 3.05) is 19.6 Å². The second-order valence-electron chi connectivity index (χ2n) is 7.78. The molecule has 2 aliphatic rings. The first-order valence-electron chi connectivity index (χ1n) is 9.79. The maximum Gasteiger partial charge on any atom is 0.335 e. The molecule has 150 valence electrons. The van der Waals surface area contributed by atoms with Crippen LogP contribution in [0.5, 0.6) is 0 Å². The summed E-state index contributed by atoms with van der Waals surface area (Å²) in [4.78, 5) is 24.9. The minimum absolute atomic E-state index is 0.0285. The van der Waals surface area contributed by atoms with Gasteiger partial charge in [0.1, 0.15) is 5.82 Å². The quantitative estimate of drug-likeness (QED) is 0.708. The first-order valence-corrected chi connectivity index (χ1v) is 9.79. The van der Waals surface area contributed by atoms with Gasteiger partial charge in [-0.15, -0.1) is 0 Å². The van der Waals surface area contributed by atoms with Crippen molar-refractivity contribution in [2.24, 2.45) is 5.92 Å². The fraction of sp³-hybridized carbons (Fsp3) is 0.304. The van der Waals surface area contributed by atoms with Crippen LogP contribution in [0, 0.1) is 11.7 Å². The molecular formula is C23H23FN2O3. The van der Waals surface area contributed by atoms with Crippen molar-refractivity contribution in [3.63, 3.8) is 0 Å². The molecular weight excluding hydrogens is 371 g/mol. The Morgan fingerprint density at radius 3 is 2.45 bits per heavy atom. The van der Waals surface area contributed by atoms with Gasteiger partial charge in [-0.1, -0.05) is 24.3 Å². The number of carbonyl (C=O) groups excluding carboxylic acids is 1. The van der Waals surface area contributed by atoms with Crippen LogP contribution >= 0.6 is 0 Å². The molecule has 1 saturated carbocycles. The Labute approximate surface area is 168 Å². The van der Waals surface area contributed by atoms with Crippen molar-refractivity contribution in [1.82, 2.24) is 10.2 Å². The summed E-state index contributed by atoms with van der Waals surface area (Å²) in [5.74, 6) is -0.281. The van der Waals surface area contributed by atoms with Crippen LogP contribution in [0.1, 0.15) is 33.8 Å². The monoisotopic (exact) mass is 394 g/mol. The Morgan fingerprint density at radius 1 is 1.10 bits per heavy atom. The summed E-state index contributed by atoms with van der Waals surface area (Å²) in [7, 11) is 0. The van der Waals surface area contributed by atoms with Gasteiger partial charge in [0.25, 0.3) is 0 Å². The van der Waals surface area contributed by atoms with Crippen molar-refractivity contribution >= 4 is 18.0 Å². The highest BCUT2D eigenvalue weighted by Crippen LogP contribution is 2.40. The van der Waals surface area contributed by atoms with Gasteiger partial charge in [0.2, 0.25) is 5.91 Å². The van der Waals surface area contributed by atoms with Gasteiger partial charge in [-0.3, -0.25) is 4.79 Å². The molecule has 2 N–H and O–H groups in total. The first-order chi connectivity index (χ1) is 14.0. The van der Waals surface area contributed by atoms with Crippen LogP contribution in [0.15, 0.2) is 54.6 Å². The van der Waals surface area contributed by atoms with E-state index in [0.29, 0.717) is 17.9 Å². The molecule has 29 heavy (non-hydrogen) atoms. The van der Waals surface area contributed by atoms with Crippen LogP contribution < -0.4 is 5.32 Å². The third-order valence-corrected chi connectivity index (χ3v) is 5.60. The zero-order valence-electron chi connectivity index (χ0n) is 15.9. The highest BCUT2D eigenvalue weighted by atomic mass is 19.1. The third-order valence-electron chi connectivity index (χ3n) is 5.60. The second kappa shape index (κ2) is 8.17. The number of likely N-dealkylation sites (tertiary alicyclic amines) is 1. The van der Waals surface area contributed by atoms with Crippen LogP contribution in [-0.2, 0) is 4.79 Å². The van der Waals surface area contributed by atoms with Gasteiger partial charge in [0.05, 0.1) is 5.56 Å². The molecule has 0 bridgehead atoms. The van der Waals surface area contributed by atoms with E-state index in [1.54, 1.807) is 23.1 Å². The van der Waals surface area contributed by atoms with E-state index in [2.05, 4.69) is 5.32 Å². The predicted molar refractivity (Wildman–Crippen MR) is 108 cm³/mol. The number of nitrogens with zero attached hydrogens (tertiary/aromatic N) is 1. The molecule has 2 unspecified atom stereocenters. The summed E-state index contributed by atoms with van der Waals surface area (Å²) in [5, 5.41) is 12.5. The molecule has 1 aliphatic heterocycles. The fourth-order valence-electron chi connectivity index (χ4n) is 3.71. The van der Waals surface area contributed by atoms with Crippen molar-refractivity contribution in [1.29, 1.82) is 0 Å². The van der Waals surface area contributed by atoms with Crippen LogP contribution in [0.4, 0.5) is 4.39 Å². The van der Waals surface area contributed by atoms with E-state index in [1.807, 2.05) is 12.1 Å². The lowest BCUT2D eigenvalue weighted by atomic mass is 9.99. The van der Waals surface area contributed by atoms with Gasteiger partial charge in [-0.05, 0) is 47.9 Å². The number of hydrogen-bond donors (Lipinski definition) is 2. The van der Waals surface area contributed by atoms with Crippen molar-refractivity contribution in [3.8, 4) is 0 Å². The molecule has 5 nitrogen and oxygen atoms in total. The molecule has 2 fully saturated rings. The third kappa shape index (κ3) is 4.71. The molecule has 0 spiro atoms. The number of halogens is 1. The molecule has 1 aliphatic carbocycles. The topological polar surface area (TPSA) is 69.6 Å². The highest BCUT2D eigenvalue weighted by molar-refractivity contribution is 5.92. The van der Waals surface area contributed by atoms with Gasteiger partial charge in [-0.2, -0.15) is 0 Å². The number of hydrogen-bond acceptors (Lipinski definition) is 3. The lowest BCUT2D eigenvalue weighted by Crippen LogP contribution is -2.53. The Bertz CT molecular complexity index is 918. The van der Waals surface area contributed by atoms with Crippen LogP contribution in [0.2, 0.25) is 0 Å². The number of nitrogens with one attached hydrogen (secondary N) is 1. The molecule has 0 radical (unpaired) electrons. The summed E-state index contributed by atoms with van der Waals surface area (Å²) < 4.78 is 13.0. The normalized spacial score (nSPS) is 21.2. The zero-order chi connectivity index (χ0) is 20.4. The highest BCUT2D eigenvalue weighted by Gasteiger charge is 2.39. The standard InChI is InChI=1S/C23H23FN2O3/c24-19-8-6-17(7-9-19)20-11-21(20)25-12-16-13-26(14-16)22(27)10-3-15-1-4-18(5-2-15)23(28)29/h1-10,16,20-21,25H,11-14H2,(H,28,29). The number of carboxylic acid groups (broad SMARTS) is 1. The average molecular weight is 394 g/mol. The van der Waals surface area contributed by atoms with Gasteiger partial charge in [0.15, 0.2) is 0 Å². The molecule has 2 atom stereocenters. The number of carboxylic acids is 1. The van der Waals surface area contributed by atoms with E-state index in [1.165, 1.54) is 35.9 Å². The zero-order valence-corrected chi connectivity index (χ0v) is 15.9. The molecule has 4 rings (SSSR count). The Kier molecular flexibility index (Phi) is 5.45. The molecule has 2 aromatic rings. The summed E-state index contributed by atoms with van der Waals surface area (Å²) in [6, 6.07) is 13.6. The SMILES string of the molecule is O=C(O)c1ccc(C=CC(=O)N2CC(CNC3CC3c3ccc(F)cc3)C2)cc1. The maximum absolute atomic E-state index is 13.0. The fourth-order valence-corrected chi connectivity index (χ4v) is 3.71. The van der Waals surface area contributed by atoms with Gasteiger partial charge in [-0.25, -0.2) is 9.18 Å². The maximum atomic E-state index is 13.0. The minimum atomic E-state index is -0.966. The van der Waals surface area contributed by atoms with E-state index in [9.17, 15) is 14.0 Å². The van der Waals surface area contributed by atoms with E-state index in [-0.39, 0.29) is 17.3 Å². The Hall–Kier alpha value is -2.99. The number of rotatable bonds is 7. The molecule has 2 aromatic carbocycles. The van der Waals surface area contributed by atoms with Crippen molar-refractivity contribution in [2.45, 2.75) is 18.4 Å². The van der Waals surface area contributed by atoms with Gasteiger partial charge < -0.3 is 15.3 Å². The molecule has 6 heteroatoms. The Morgan fingerprint density at radius 2 is 1.79 bits per heavy atom. The van der Waals surface area contributed by atoms with Crippen LogP contribution in [-0.4, -0.2) is 47.6 Å².